The van der Waals surface area contributed by atoms with E-state index in [-0.39, 0.29) is 0 Å². The topological polar surface area (TPSA) is 35.2 Å². The maximum absolute atomic E-state index is 4.80. The van der Waals surface area contributed by atoms with Crippen LogP contribution < -0.4 is 5.90 Å². The molecule has 3 heteroatoms. The number of nitrogens with two attached hydrogens (primary N) is 1. The van der Waals surface area contributed by atoms with Gasteiger partial charge in [0.2, 0.25) is 0 Å². The lowest BCUT2D eigenvalue weighted by Gasteiger charge is -1.94. The first kappa shape index (κ1) is 8.27. The van der Waals surface area contributed by atoms with Gasteiger partial charge in [0.15, 0.2) is 0 Å². The Bertz CT molecular complexity index is 37.4. The van der Waals surface area contributed by atoms with E-state index in [0.29, 0.717) is 6.61 Å². The average Bonchev–Trinajstić information content (AvgIpc) is 1.81. The summed E-state index contributed by atoms with van der Waals surface area (Å²) in [5.41, 5.74) is 0. The first-order valence-corrected chi connectivity index (χ1v) is 3.96. The molecule has 0 aromatic carbocycles. The average molecular weight is 135 g/mol. The molecule has 8 heavy (non-hydrogen) atoms. The number of rotatable bonds is 5. The summed E-state index contributed by atoms with van der Waals surface area (Å²) >= 11 is 1.91. The van der Waals surface area contributed by atoms with E-state index in [1.807, 2.05) is 11.8 Å². The third kappa shape index (κ3) is 6.27. The van der Waals surface area contributed by atoms with Crippen molar-refractivity contribution in [3.8, 4) is 0 Å². The summed E-state index contributed by atoms with van der Waals surface area (Å²) in [5, 5.41) is 0. The summed E-state index contributed by atoms with van der Waals surface area (Å²) in [4.78, 5) is 4.38. The standard InChI is InChI=1S/C5H13NOS/c1-2-8-5-3-4-7-6/h2-6H2,1H3. The maximum Gasteiger partial charge on any atom is 0.0687 e. The Kier molecular flexibility index (Phi) is 7.52. The number of hydrogen-bond donors (Lipinski definition) is 1. The normalized spacial score (nSPS) is 9.75. The van der Waals surface area contributed by atoms with Crippen molar-refractivity contribution in [1.82, 2.24) is 0 Å². The molecular formula is C5H13NOS. The van der Waals surface area contributed by atoms with Crippen LogP contribution in [0.1, 0.15) is 13.3 Å². The first-order chi connectivity index (χ1) is 3.91. The summed E-state index contributed by atoms with van der Waals surface area (Å²) in [5.74, 6) is 7.15. The third-order valence-electron chi connectivity index (χ3n) is 0.755. The fourth-order valence-electron chi connectivity index (χ4n) is 0.389. The highest BCUT2D eigenvalue weighted by Gasteiger charge is 1.83. The summed E-state index contributed by atoms with van der Waals surface area (Å²) in [7, 11) is 0. The molecule has 0 radical (unpaired) electrons. The molecule has 0 bridgehead atoms. The van der Waals surface area contributed by atoms with Gasteiger partial charge in [-0.3, -0.25) is 0 Å². The van der Waals surface area contributed by atoms with Crippen molar-refractivity contribution in [1.29, 1.82) is 0 Å². The van der Waals surface area contributed by atoms with E-state index in [2.05, 4.69) is 11.8 Å². The molecule has 0 aromatic heterocycles. The lowest BCUT2D eigenvalue weighted by Crippen LogP contribution is -2.01. The molecule has 0 aliphatic rings. The van der Waals surface area contributed by atoms with Crippen LogP contribution in [0, 0.1) is 0 Å². The van der Waals surface area contributed by atoms with Crippen molar-refractivity contribution in [3.63, 3.8) is 0 Å². The van der Waals surface area contributed by atoms with Crippen LogP contribution >= 0.6 is 11.8 Å². The molecule has 0 fully saturated rings. The molecule has 0 heterocycles. The third-order valence-corrected chi connectivity index (χ3v) is 1.74. The van der Waals surface area contributed by atoms with Crippen molar-refractivity contribution in [2.45, 2.75) is 13.3 Å². The van der Waals surface area contributed by atoms with Crippen molar-refractivity contribution in [2.75, 3.05) is 18.1 Å². The highest BCUT2D eigenvalue weighted by atomic mass is 32.2. The molecular weight excluding hydrogens is 122 g/mol. The maximum atomic E-state index is 4.80. The van der Waals surface area contributed by atoms with Crippen LogP contribution in [0.2, 0.25) is 0 Å². The van der Waals surface area contributed by atoms with Gasteiger partial charge in [0.1, 0.15) is 0 Å². The van der Waals surface area contributed by atoms with Gasteiger partial charge >= 0.3 is 0 Å². The summed E-state index contributed by atoms with van der Waals surface area (Å²) in [6, 6.07) is 0. The molecule has 0 saturated heterocycles. The minimum atomic E-state index is 0.688. The Balaban J connectivity index is 2.53. The highest BCUT2D eigenvalue weighted by molar-refractivity contribution is 7.99. The van der Waals surface area contributed by atoms with E-state index >= 15 is 0 Å². The van der Waals surface area contributed by atoms with Crippen molar-refractivity contribution in [3.05, 3.63) is 0 Å². The van der Waals surface area contributed by atoms with E-state index in [1.165, 1.54) is 5.75 Å². The molecule has 0 rings (SSSR count). The van der Waals surface area contributed by atoms with Crippen LogP contribution in [-0.4, -0.2) is 18.1 Å². The van der Waals surface area contributed by atoms with Crippen LogP contribution in [-0.2, 0) is 4.84 Å². The lowest BCUT2D eigenvalue weighted by atomic mass is 10.5. The zero-order chi connectivity index (χ0) is 6.24. The minimum absolute atomic E-state index is 0.688. The molecule has 2 nitrogen and oxygen atoms in total. The fourth-order valence-corrected chi connectivity index (χ4v) is 0.999. The molecule has 0 aliphatic carbocycles. The molecule has 0 aromatic rings. The Morgan fingerprint density at radius 3 is 2.88 bits per heavy atom. The summed E-state index contributed by atoms with van der Waals surface area (Å²) in [6.07, 6.45) is 1.06. The second-order valence-corrected chi connectivity index (χ2v) is 2.82. The van der Waals surface area contributed by atoms with Gasteiger partial charge < -0.3 is 4.84 Å². The predicted octanol–water partition coefficient (Wildman–Crippen LogP) is 1.02. The smallest absolute Gasteiger partial charge is 0.0687 e. The number of hydrogen-bond acceptors (Lipinski definition) is 3. The van der Waals surface area contributed by atoms with Crippen molar-refractivity contribution < 1.29 is 4.84 Å². The van der Waals surface area contributed by atoms with E-state index in [0.717, 1.165) is 12.2 Å². The Morgan fingerprint density at radius 2 is 2.38 bits per heavy atom. The molecule has 0 aliphatic heterocycles. The van der Waals surface area contributed by atoms with Gasteiger partial charge in [-0.25, -0.2) is 5.90 Å². The minimum Gasteiger partial charge on any atom is -0.305 e. The van der Waals surface area contributed by atoms with Gasteiger partial charge in [-0.2, -0.15) is 11.8 Å². The van der Waals surface area contributed by atoms with E-state index in [1.54, 1.807) is 0 Å². The van der Waals surface area contributed by atoms with Crippen LogP contribution in [0.3, 0.4) is 0 Å². The Hall–Kier alpha value is 0.270. The highest BCUT2D eigenvalue weighted by Crippen LogP contribution is 1.99. The molecule has 50 valence electrons. The first-order valence-electron chi connectivity index (χ1n) is 2.81. The molecule has 2 N–H and O–H groups in total. The molecule has 0 unspecified atom stereocenters. The van der Waals surface area contributed by atoms with Gasteiger partial charge in [0, 0.05) is 0 Å². The lowest BCUT2D eigenvalue weighted by molar-refractivity contribution is 0.139. The van der Waals surface area contributed by atoms with Crippen LogP contribution in [0.25, 0.3) is 0 Å². The Labute approximate surface area is 54.7 Å². The SMILES string of the molecule is CCSCCCON. The van der Waals surface area contributed by atoms with Gasteiger partial charge in [-0.15, -0.1) is 0 Å². The molecule has 0 saturated carbocycles. The summed E-state index contributed by atoms with van der Waals surface area (Å²) in [6.45, 7) is 2.83. The monoisotopic (exact) mass is 135 g/mol. The molecule has 0 atom stereocenters. The fraction of sp³-hybridized carbons (Fsp3) is 1.00. The van der Waals surface area contributed by atoms with E-state index < -0.39 is 0 Å². The van der Waals surface area contributed by atoms with Gasteiger partial charge in [-0.05, 0) is 17.9 Å². The second kappa shape index (κ2) is 7.27. The quantitative estimate of drug-likeness (QED) is 0.451. The largest absolute Gasteiger partial charge is 0.305 e. The van der Waals surface area contributed by atoms with Crippen LogP contribution in [0.5, 0.6) is 0 Å². The van der Waals surface area contributed by atoms with Crippen molar-refractivity contribution in [2.24, 2.45) is 5.90 Å². The summed E-state index contributed by atoms with van der Waals surface area (Å²) < 4.78 is 0. The van der Waals surface area contributed by atoms with E-state index in [9.17, 15) is 0 Å². The molecule has 0 spiro atoms. The Morgan fingerprint density at radius 1 is 1.62 bits per heavy atom. The zero-order valence-electron chi connectivity index (χ0n) is 5.22. The van der Waals surface area contributed by atoms with Gasteiger partial charge in [0.25, 0.3) is 0 Å². The van der Waals surface area contributed by atoms with Crippen LogP contribution in [0.15, 0.2) is 0 Å². The second-order valence-electron chi connectivity index (χ2n) is 1.42. The number of thioether (sulfide) groups is 1. The van der Waals surface area contributed by atoms with Crippen LogP contribution in [0.4, 0.5) is 0 Å². The van der Waals surface area contributed by atoms with E-state index in [4.69, 9.17) is 5.90 Å². The predicted molar refractivity (Wildman–Crippen MR) is 37.8 cm³/mol. The molecule has 0 amide bonds. The van der Waals surface area contributed by atoms with Crippen molar-refractivity contribution >= 4 is 11.8 Å². The van der Waals surface area contributed by atoms with Gasteiger partial charge in [-0.1, -0.05) is 6.92 Å². The zero-order valence-corrected chi connectivity index (χ0v) is 6.04. The van der Waals surface area contributed by atoms with Gasteiger partial charge in [0.05, 0.1) is 6.61 Å².